The van der Waals surface area contributed by atoms with E-state index in [4.69, 9.17) is 5.11 Å². The summed E-state index contributed by atoms with van der Waals surface area (Å²) in [7, 11) is 0. The zero-order valence-electron chi connectivity index (χ0n) is 12.7. The summed E-state index contributed by atoms with van der Waals surface area (Å²) in [5.41, 5.74) is 2.63. The summed E-state index contributed by atoms with van der Waals surface area (Å²) in [6.45, 7) is 5.81. The van der Waals surface area contributed by atoms with Crippen LogP contribution in [0, 0.1) is 6.92 Å². The second-order valence-electron chi connectivity index (χ2n) is 5.32. The highest BCUT2D eigenvalue weighted by Crippen LogP contribution is 2.27. The highest BCUT2D eigenvalue weighted by molar-refractivity contribution is 5.93. The number of amides is 1. The molecule has 0 saturated carbocycles. The predicted molar refractivity (Wildman–Crippen MR) is 80.9 cm³/mol. The van der Waals surface area contributed by atoms with Crippen LogP contribution in [0.4, 0.5) is 5.69 Å². The maximum absolute atomic E-state index is 12.2. The SMILES string of the molecule is Cc1cccc(C(C)C)c1NC(=O)Cn1nncc1C(=O)O. The molecule has 2 aromatic rings. The van der Waals surface area contributed by atoms with Crippen molar-refractivity contribution in [2.45, 2.75) is 33.2 Å². The predicted octanol–water partition coefficient (Wildman–Crippen LogP) is 2.05. The first-order chi connectivity index (χ1) is 10.4. The average Bonchev–Trinajstić information content (AvgIpc) is 2.89. The van der Waals surface area contributed by atoms with Crippen LogP contribution >= 0.6 is 0 Å². The van der Waals surface area contributed by atoms with E-state index >= 15 is 0 Å². The lowest BCUT2D eigenvalue weighted by molar-refractivity contribution is -0.116. The quantitative estimate of drug-likeness (QED) is 0.881. The lowest BCUT2D eigenvalue weighted by Gasteiger charge is -2.16. The number of benzene rings is 1. The molecular formula is C15H18N4O3. The highest BCUT2D eigenvalue weighted by atomic mass is 16.4. The minimum Gasteiger partial charge on any atom is -0.476 e. The van der Waals surface area contributed by atoms with E-state index in [2.05, 4.69) is 15.6 Å². The van der Waals surface area contributed by atoms with Gasteiger partial charge in [0.15, 0.2) is 5.69 Å². The van der Waals surface area contributed by atoms with Crippen molar-refractivity contribution in [2.24, 2.45) is 0 Å². The molecule has 7 nitrogen and oxygen atoms in total. The number of para-hydroxylation sites is 1. The molecule has 0 fully saturated rings. The number of aromatic nitrogens is 3. The Hall–Kier alpha value is -2.70. The Labute approximate surface area is 128 Å². The molecule has 0 aliphatic heterocycles. The Kier molecular flexibility index (Phi) is 4.55. The number of rotatable bonds is 5. The van der Waals surface area contributed by atoms with Crippen LogP contribution in [0.5, 0.6) is 0 Å². The molecule has 1 aromatic heterocycles. The van der Waals surface area contributed by atoms with Gasteiger partial charge in [-0.25, -0.2) is 9.48 Å². The molecule has 1 heterocycles. The van der Waals surface area contributed by atoms with E-state index in [-0.39, 0.29) is 24.1 Å². The van der Waals surface area contributed by atoms with Gasteiger partial charge in [-0.15, -0.1) is 5.10 Å². The van der Waals surface area contributed by atoms with Gasteiger partial charge in [-0.3, -0.25) is 4.79 Å². The number of carbonyl (C=O) groups excluding carboxylic acids is 1. The van der Waals surface area contributed by atoms with E-state index in [1.165, 1.54) is 0 Å². The van der Waals surface area contributed by atoms with Crippen molar-refractivity contribution in [1.29, 1.82) is 0 Å². The molecule has 7 heteroatoms. The molecule has 0 atom stereocenters. The van der Waals surface area contributed by atoms with Gasteiger partial charge in [0.2, 0.25) is 5.91 Å². The molecule has 0 aliphatic rings. The van der Waals surface area contributed by atoms with Gasteiger partial charge in [0, 0.05) is 5.69 Å². The Bertz CT molecular complexity index is 707. The molecule has 0 bridgehead atoms. The van der Waals surface area contributed by atoms with Gasteiger partial charge >= 0.3 is 5.97 Å². The zero-order valence-corrected chi connectivity index (χ0v) is 12.7. The molecule has 0 saturated heterocycles. The lowest BCUT2D eigenvalue weighted by Crippen LogP contribution is -2.23. The number of carboxylic acids is 1. The van der Waals surface area contributed by atoms with Crippen LogP contribution in [0.3, 0.4) is 0 Å². The van der Waals surface area contributed by atoms with Gasteiger partial charge in [0.25, 0.3) is 0 Å². The molecule has 1 aromatic carbocycles. The van der Waals surface area contributed by atoms with Crippen LogP contribution in [0.25, 0.3) is 0 Å². The summed E-state index contributed by atoms with van der Waals surface area (Å²) in [4.78, 5) is 23.2. The normalized spacial score (nSPS) is 10.7. The fourth-order valence-electron chi connectivity index (χ4n) is 2.20. The van der Waals surface area contributed by atoms with Gasteiger partial charge in [-0.1, -0.05) is 37.3 Å². The van der Waals surface area contributed by atoms with Crippen LogP contribution < -0.4 is 5.32 Å². The van der Waals surface area contributed by atoms with E-state index in [1.807, 2.05) is 39.0 Å². The second kappa shape index (κ2) is 6.38. The first-order valence-corrected chi connectivity index (χ1v) is 6.91. The summed E-state index contributed by atoms with van der Waals surface area (Å²) in [5.74, 6) is -1.25. The van der Waals surface area contributed by atoms with Crippen LogP contribution in [0.1, 0.15) is 41.4 Å². The van der Waals surface area contributed by atoms with E-state index in [0.717, 1.165) is 27.7 Å². The Balaban J connectivity index is 2.19. The molecule has 22 heavy (non-hydrogen) atoms. The molecule has 2 rings (SSSR count). The lowest BCUT2D eigenvalue weighted by atomic mass is 9.98. The Morgan fingerprint density at radius 1 is 1.36 bits per heavy atom. The molecule has 0 radical (unpaired) electrons. The smallest absolute Gasteiger partial charge is 0.355 e. The third-order valence-corrected chi connectivity index (χ3v) is 3.32. The minimum absolute atomic E-state index is 0.121. The minimum atomic E-state index is -1.17. The fourth-order valence-corrected chi connectivity index (χ4v) is 2.20. The van der Waals surface area contributed by atoms with E-state index < -0.39 is 5.97 Å². The van der Waals surface area contributed by atoms with Gasteiger partial charge in [0.1, 0.15) is 6.54 Å². The number of carboxylic acid groups (broad SMARTS) is 1. The molecule has 2 N–H and O–H groups in total. The number of anilines is 1. The summed E-state index contributed by atoms with van der Waals surface area (Å²) >= 11 is 0. The zero-order chi connectivity index (χ0) is 16.3. The van der Waals surface area contributed by atoms with Crippen molar-refractivity contribution >= 4 is 17.6 Å². The molecule has 0 aliphatic carbocycles. The first-order valence-electron chi connectivity index (χ1n) is 6.91. The summed E-state index contributed by atoms with van der Waals surface area (Å²) < 4.78 is 1.06. The molecule has 1 amide bonds. The first kappa shape index (κ1) is 15.7. The van der Waals surface area contributed by atoms with Gasteiger partial charge in [0.05, 0.1) is 6.20 Å². The van der Waals surface area contributed by atoms with Crippen molar-refractivity contribution in [3.63, 3.8) is 0 Å². The number of carbonyl (C=O) groups is 2. The van der Waals surface area contributed by atoms with E-state index in [1.54, 1.807) is 0 Å². The van der Waals surface area contributed by atoms with Crippen LogP contribution in [-0.2, 0) is 11.3 Å². The number of hydrogen-bond donors (Lipinski definition) is 2. The Morgan fingerprint density at radius 2 is 2.09 bits per heavy atom. The van der Waals surface area contributed by atoms with E-state index in [9.17, 15) is 9.59 Å². The number of nitrogens with one attached hydrogen (secondary N) is 1. The average molecular weight is 302 g/mol. The van der Waals surface area contributed by atoms with Gasteiger partial charge < -0.3 is 10.4 Å². The van der Waals surface area contributed by atoms with Gasteiger partial charge in [-0.05, 0) is 24.0 Å². The van der Waals surface area contributed by atoms with Crippen LogP contribution in [-0.4, -0.2) is 32.0 Å². The molecule has 0 unspecified atom stereocenters. The van der Waals surface area contributed by atoms with Crippen molar-refractivity contribution in [2.75, 3.05) is 5.32 Å². The Morgan fingerprint density at radius 3 is 2.73 bits per heavy atom. The molecule has 0 spiro atoms. The number of nitrogens with zero attached hydrogens (tertiary/aromatic N) is 3. The van der Waals surface area contributed by atoms with Crippen molar-refractivity contribution in [1.82, 2.24) is 15.0 Å². The maximum atomic E-state index is 12.2. The largest absolute Gasteiger partial charge is 0.476 e. The van der Waals surface area contributed by atoms with Gasteiger partial charge in [-0.2, -0.15) is 0 Å². The van der Waals surface area contributed by atoms with E-state index in [0.29, 0.717) is 0 Å². The number of aromatic carboxylic acids is 1. The van der Waals surface area contributed by atoms with Crippen molar-refractivity contribution < 1.29 is 14.7 Å². The highest BCUT2D eigenvalue weighted by Gasteiger charge is 2.16. The standard InChI is InChI=1S/C15H18N4O3/c1-9(2)11-6-4-5-10(3)14(11)17-13(20)8-19-12(15(21)22)7-16-18-19/h4-7,9H,8H2,1-3H3,(H,17,20)(H,21,22). The third kappa shape index (κ3) is 3.30. The molecule has 116 valence electrons. The van der Waals surface area contributed by atoms with Crippen molar-refractivity contribution in [3.05, 3.63) is 41.2 Å². The summed E-state index contributed by atoms with van der Waals surface area (Å²) in [5, 5.41) is 19.0. The summed E-state index contributed by atoms with van der Waals surface area (Å²) in [6.07, 6.45) is 1.11. The summed E-state index contributed by atoms with van der Waals surface area (Å²) in [6, 6.07) is 5.82. The maximum Gasteiger partial charge on any atom is 0.355 e. The third-order valence-electron chi connectivity index (χ3n) is 3.32. The molecular weight excluding hydrogens is 284 g/mol. The number of hydrogen-bond acceptors (Lipinski definition) is 4. The van der Waals surface area contributed by atoms with Crippen LogP contribution in [0.15, 0.2) is 24.4 Å². The van der Waals surface area contributed by atoms with Crippen molar-refractivity contribution in [3.8, 4) is 0 Å². The topological polar surface area (TPSA) is 97.1 Å². The monoisotopic (exact) mass is 302 g/mol. The fraction of sp³-hybridized carbons (Fsp3) is 0.333. The van der Waals surface area contributed by atoms with Crippen LogP contribution in [0.2, 0.25) is 0 Å². The second-order valence-corrected chi connectivity index (χ2v) is 5.32. The number of aryl methyl sites for hydroxylation is 1.